The number of carbonyl (C=O) groups excluding carboxylic acids is 1. The number of imidazole rings is 1. The predicted molar refractivity (Wildman–Crippen MR) is 124 cm³/mol. The Morgan fingerprint density at radius 1 is 1.24 bits per heavy atom. The van der Waals surface area contributed by atoms with Crippen LogP contribution < -0.4 is 10.1 Å². The van der Waals surface area contributed by atoms with E-state index in [9.17, 15) is 26.7 Å². The molecule has 0 unspecified atom stereocenters. The van der Waals surface area contributed by atoms with Gasteiger partial charge < -0.3 is 19.4 Å². The quantitative estimate of drug-likeness (QED) is 0.340. The van der Waals surface area contributed by atoms with Crippen molar-refractivity contribution in [3.8, 4) is 5.75 Å². The standard InChI is InChI=1S/C24H20ClF5N4O3/c1-22(2,3)32-18-12-5-4-6-16(36-21(26)27)17(12)15-10-23(33-18,37-20(35)24(28,29)30)19-31-13-8-7-11(25)9-14(13)34(15)19/h4-9,15,21H,10H2,1-3H3,(H,32,33)/t15-,23+/m1/s1. The Balaban J connectivity index is 1.85. The highest BCUT2D eigenvalue weighted by molar-refractivity contribution is 6.31. The molecule has 0 fully saturated rings. The minimum absolute atomic E-state index is 0.0380. The van der Waals surface area contributed by atoms with Crippen molar-refractivity contribution >= 4 is 34.4 Å². The van der Waals surface area contributed by atoms with E-state index in [0.29, 0.717) is 21.6 Å². The summed E-state index contributed by atoms with van der Waals surface area (Å²) in [5.74, 6) is -2.67. The molecule has 0 spiro atoms. The van der Waals surface area contributed by atoms with Crippen molar-refractivity contribution in [3.05, 3.63) is 58.4 Å². The fraction of sp³-hybridized carbons (Fsp3) is 0.375. The Kier molecular flexibility index (Phi) is 5.67. The number of hydrogen-bond acceptors (Lipinski definition) is 5. The molecule has 5 rings (SSSR count). The third-order valence-corrected chi connectivity index (χ3v) is 6.18. The van der Waals surface area contributed by atoms with Crippen molar-refractivity contribution in [2.24, 2.45) is 4.99 Å². The molecule has 2 atom stereocenters. The lowest BCUT2D eigenvalue weighted by Gasteiger charge is -2.31. The minimum atomic E-state index is -5.31. The maximum absolute atomic E-state index is 13.4. The summed E-state index contributed by atoms with van der Waals surface area (Å²) in [7, 11) is 0. The lowest BCUT2D eigenvalue weighted by atomic mass is 9.96. The lowest BCUT2D eigenvalue weighted by Crippen LogP contribution is -2.50. The molecule has 3 heterocycles. The van der Waals surface area contributed by atoms with Gasteiger partial charge in [0.15, 0.2) is 5.82 Å². The van der Waals surface area contributed by atoms with E-state index in [1.54, 1.807) is 45.0 Å². The second-order valence-electron chi connectivity index (χ2n) is 9.72. The van der Waals surface area contributed by atoms with Gasteiger partial charge in [-0.05, 0) is 45.0 Å². The molecule has 2 aliphatic heterocycles. The molecule has 2 aliphatic rings. The third-order valence-electron chi connectivity index (χ3n) is 5.94. The Labute approximate surface area is 212 Å². The van der Waals surface area contributed by atoms with Gasteiger partial charge in [-0.1, -0.05) is 23.7 Å². The zero-order valence-electron chi connectivity index (χ0n) is 19.7. The van der Waals surface area contributed by atoms with Gasteiger partial charge >= 0.3 is 18.8 Å². The second kappa shape index (κ2) is 8.30. The van der Waals surface area contributed by atoms with Crippen LogP contribution in [-0.2, 0) is 15.3 Å². The molecule has 7 nitrogen and oxygen atoms in total. The Hall–Kier alpha value is -3.41. The number of halogens is 6. The van der Waals surface area contributed by atoms with E-state index in [-0.39, 0.29) is 29.4 Å². The summed E-state index contributed by atoms with van der Waals surface area (Å²) in [5.41, 5.74) is -1.60. The van der Waals surface area contributed by atoms with E-state index in [0.717, 1.165) is 0 Å². The summed E-state index contributed by atoms with van der Waals surface area (Å²) in [6, 6.07) is 8.10. The second-order valence-corrected chi connectivity index (χ2v) is 10.2. The Bertz CT molecular complexity index is 1450. The highest BCUT2D eigenvalue weighted by Crippen LogP contribution is 2.51. The molecule has 2 aromatic carbocycles. The number of esters is 1. The summed E-state index contributed by atoms with van der Waals surface area (Å²) in [5, 5.41) is 3.21. The number of fused-ring (bicyclic) bond motifs is 9. The van der Waals surface area contributed by atoms with Gasteiger partial charge in [-0.2, -0.15) is 22.0 Å². The topological polar surface area (TPSA) is 77.7 Å². The summed E-state index contributed by atoms with van der Waals surface area (Å²) in [6.07, 6.45) is -5.61. The molecule has 0 radical (unpaired) electrons. The molecule has 0 saturated heterocycles. The minimum Gasteiger partial charge on any atom is -0.434 e. The number of aliphatic imine (C=N–C) groups is 1. The van der Waals surface area contributed by atoms with Crippen LogP contribution in [0, 0.1) is 0 Å². The SMILES string of the molecule is CC(C)(C)/N=C1\N[C@]2(OC(=O)C(F)(F)F)C[C@H](c3c(OC(F)F)cccc31)n1c2nc2ccc(Cl)cc21. The lowest BCUT2D eigenvalue weighted by molar-refractivity contribution is -0.217. The van der Waals surface area contributed by atoms with Crippen LogP contribution in [0.2, 0.25) is 5.02 Å². The third kappa shape index (κ3) is 4.36. The summed E-state index contributed by atoms with van der Waals surface area (Å²) in [6.45, 7) is 2.06. The maximum atomic E-state index is 13.4. The number of alkyl halides is 5. The zero-order valence-corrected chi connectivity index (χ0v) is 20.4. The van der Waals surface area contributed by atoms with Crippen molar-refractivity contribution in [2.75, 3.05) is 0 Å². The van der Waals surface area contributed by atoms with Crippen LogP contribution in [0.5, 0.6) is 5.75 Å². The van der Waals surface area contributed by atoms with Crippen molar-refractivity contribution in [2.45, 2.75) is 57.3 Å². The van der Waals surface area contributed by atoms with Crippen LogP contribution in [0.4, 0.5) is 22.0 Å². The number of aromatic nitrogens is 2. The van der Waals surface area contributed by atoms with Crippen LogP contribution in [0.1, 0.15) is 50.2 Å². The number of nitrogens with one attached hydrogen (secondary N) is 1. The van der Waals surface area contributed by atoms with Gasteiger partial charge in [0.25, 0.3) is 0 Å². The van der Waals surface area contributed by atoms with Crippen LogP contribution in [0.15, 0.2) is 41.4 Å². The van der Waals surface area contributed by atoms with E-state index in [2.05, 4.69) is 15.3 Å². The van der Waals surface area contributed by atoms with Gasteiger partial charge in [0.2, 0.25) is 5.72 Å². The number of rotatable bonds is 3. The molecule has 0 saturated carbocycles. The molecule has 196 valence electrons. The largest absolute Gasteiger partial charge is 0.491 e. The van der Waals surface area contributed by atoms with Crippen LogP contribution >= 0.6 is 11.6 Å². The van der Waals surface area contributed by atoms with Crippen molar-refractivity contribution in [1.82, 2.24) is 14.9 Å². The van der Waals surface area contributed by atoms with Crippen LogP contribution in [-0.4, -0.2) is 39.7 Å². The van der Waals surface area contributed by atoms with E-state index < -0.39 is 36.1 Å². The smallest absolute Gasteiger partial charge is 0.434 e. The zero-order chi connectivity index (χ0) is 26.9. The highest BCUT2D eigenvalue weighted by atomic mass is 35.5. The molecule has 13 heteroatoms. The van der Waals surface area contributed by atoms with Crippen LogP contribution in [0.3, 0.4) is 0 Å². The number of nitrogens with zero attached hydrogens (tertiary/aromatic N) is 3. The fourth-order valence-electron chi connectivity index (χ4n) is 4.76. The summed E-state index contributed by atoms with van der Waals surface area (Å²) < 4.78 is 78.6. The first-order valence-corrected chi connectivity index (χ1v) is 11.5. The Morgan fingerprint density at radius 3 is 2.62 bits per heavy atom. The molecule has 0 aliphatic carbocycles. The van der Waals surface area contributed by atoms with E-state index in [4.69, 9.17) is 21.1 Å². The van der Waals surface area contributed by atoms with E-state index in [1.807, 2.05) is 0 Å². The molecule has 3 aromatic rings. The fourth-order valence-corrected chi connectivity index (χ4v) is 4.93. The monoisotopic (exact) mass is 542 g/mol. The first kappa shape index (κ1) is 25.2. The number of amidine groups is 1. The van der Waals surface area contributed by atoms with Gasteiger partial charge in [0, 0.05) is 22.6 Å². The van der Waals surface area contributed by atoms with Gasteiger partial charge in [-0.3, -0.25) is 4.99 Å². The predicted octanol–water partition coefficient (Wildman–Crippen LogP) is 5.69. The van der Waals surface area contributed by atoms with E-state index in [1.165, 1.54) is 16.7 Å². The molecule has 0 amide bonds. The van der Waals surface area contributed by atoms with Gasteiger partial charge in [0.05, 0.1) is 22.6 Å². The number of benzene rings is 2. The Morgan fingerprint density at radius 2 is 1.97 bits per heavy atom. The highest BCUT2D eigenvalue weighted by Gasteiger charge is 2.57. The molecular weight excluding hydrogens is 523 g/mol. The summed E-state index contributed by atoms with van der Waals surface area (Å²) >= 11 is 6.19. The van der Waals surface area contributed by atoms with Crippen molar-refractivity contribution in [1.29, 1.82) is 0 Å². The number of ether oxygens (including phenoxy) is 2. The van der Waals surface area contributed by atoms with Crippen molar-refractivity contribution in [3.63, 3.8) is 0 Å². The first-order chi connectivity index (χ1) is 17.2. The maximum Gasteiger partial charge on any atom is 0.491 e. The normalized spacial score (nSPS) is 22.0. The number of hydrogen-bond donors (Lipinski definition) is 1. The molecule has 2 bridgehead atoms. The van der Waals surface area contributed by atoms with Crippen LogP contribution in [0.25, 0.3) is 11.0 Å². The first-order valence-electron chi connectivity index (χ1n) is 11.1. The number of carbonyl (C=O) groups is 1. The average Bonchev–Trinajstić information content (AvgIpc) is 3.22. The van der Waals surface area contributed by atoms with Gasteiger partial charge in [-0.25, -0.2) is 9.78 Å². The molecule has 1 aromatic heterocycles. The molecular formula is C24H20ClF5N4O3. The van der Waals surface area contributed by atoms with Gasteiger partial charge in [0.1, 0.15) is 11.6 Å². The van der Waals surface area contributed by atoms with Gasteiger partial charge in [-0.15, -0.1) is 0 Å². The average molecular weight is 543 g/mol. The molecule has 37 heavy (non-hydrogen) atoms. The molecule has 1 N–H and O–H groups in total. The summed E-state index contributed by atoms with van der Waals surface area (Å²) in [4.78, 5) is 21.2. The van der Waals surface area contributed by atoms with E-state index >= 15 is 0 Å². The van der Waals surface area contributed by atoms with Crippen molar-refractivity contribution < 1.29 is 36.2 Å².